The molecule has 1 aliphatic rings. The highest BCUT2D eigenvalue weighted by atomic mass is 15.2. The first-order valence-electron chi connectivity index (χ1n) is 6.57. The second kappa shape index (κ2) is 4.69. The maximum Gasteiger partial charge on any atom is 0.0373 e. The van der Waals surface area contributed by atoms with Crippen LogP contribution in [0.4, 0.5) is 5.69 Å². The van der Waals surface area contributed by atoms with Crippen LogP contribution in [0.3, 0.4) is 0 Å². The topological polar surface area (TPSA) is 29.3 Å². The number of benzene rings is 1. The van der Waals surface area contributed by atoms with Gasteiger partial charge in [-0.15, -0.1) is 0 Å². The molecule has 0 amide bonds. The van der Waals surface area contributed by atoms with Crippen LogP contribution >= 0.6 is 0 Å². The van der Waals surface area contributed by atoms with Crippen molar-refractivity contribution in [3.63, 3.8) is 0 Å². The van der Waals surface area contributed by atoms with Gasteiger partial charge in [0.15, 0.2) is 0 Å². The lowest BCUT2D eigenvalue weighted by atomic mass is 9.94. The molecular formula is C15H24N2. The molecule has 1 aliphatic heterocycles. The number of rotatable bonds is 3. The Morgan fingerprint density at radius 3 is 2.82 bits per heavy atom. The molecule has 2 heteroatoms. The van der Waals surface area contributed by atoms with E-state index in [1.807, 2.05) is 0 Å². The lowest BCUT2D eigenvalue weighted by Gasteiger charge is -2.33. The van der Waals surface area contributed by atoms with Gasteiger partial charge in [0, 0.05) is 17.8 Å². The van der Waals surface area contributed by atoms with Gasteiger partial charge >= 0.3 is 0 Å². The van der Waals surface area contributed by atoms with Crippen molar-refractivity contribution in [1.29, 1.82) is 0 Å². The molecule has 94 valence electrons. The van der Waals surface area contributed by atoms with Crippen LogP contribution in [0.25, 0.3) is 0 Å². The van der Waals surface area contributed by atoms with Gasteiger partial charge in [-0.3, -0.25) is 0 Å². The van der Waals surface area contributed by atoms with E-state index in [1.54, 1.807) is 0 Å². The highest BCUT2D eigenvalue weighted by Gasteiger charge is 2.37. The van der Waals surface area contributed by atoms with Gasteiger partial charge in [-0.05, 0) is 63.8 Å². The molecule has 1 aromatic carbocycles. The monoisotopic (exact) mass is 232 g/mol. The van der Waals surface area contributed by atoms with Crippen LogP contribution in [0.2, 0.25) is 0 Å². The van der Waals surface area contributed by atoms with Crippen molar-refractivity contribution < 1.29 is 0 Å². The molecule has 0 radical (unpaired) electrons. The fraction of sp³-hybridized carbons (Fsp3) is 0.600. The quantitative estimate of drug-likeness (QED) is 0.868. The van der Waals surface area contributed by atoms with Gasteiger partial charge in [0.05, 0.1) is 0 Å². The van der Waals surface area contributed by atoms with Gasteiger partial charge in [0.25, 0.3) is 0 Å². The lowest BCUT2D eigenvalue weighted by Crippen LogP contribution is -2.38. The Hall–Kier alpha value is -1.02. The molecule has 1 aromatic rings. The lowest BCUT2D eigenvalue weighted by molar-refractivity contribution is 0.458. The zero-order valence-corrected chi connectivity index (χ0v) is 11.2. The minimum atomic E-state index is 0.258. The standard InChI is InChI=1S/C15H24N2/c1-12-5-4-6-14(9-12)17-11-13(7-8-16)10-15(17,2)3/h4-6,9,13H,7-8,10-11,16H2,1-3H3. The van der Waals surface area contributed by atoms with E-state index in [0.717, 1.165) is 25.4 Å². The first-order valence-corrected chi connectivity index (χ1v) is 6.57. The van der Waals surface area contributed by atoms with Gasteiger partial charge in [-0.25, -0.2) is 0 Å². The summed E-state index contributed by atoms with van der Waals surface area (Å²) >= 11 is 0. The summed E-state index contributed by atoms with van der Waals surface area (Å²) in [6.07, 6.45) is 2.39. The Bertz CT molecular complexity index is 384. The Balaban J connectivity index is 2.20. The Morgan fingerprint density at radius 1 is 1.41 bits per heavy atom. The van der Waals surface area contributed by atoms with Crippen LogP contribution in [-0.2, 0) is 0 Å². The van der Waals surface area contributed by atoms with Crippen LogP contribution in [0.5, 0.6) is 0 Å². The van der Waals surface area contributed by atoms with Crippen LogP contribution in [0.15, 0.2) is 24.3 Å². The molecule has 0 saturated carbocycles. The van der Waals surface area contributed by atoms with Crippen molar-refractivity contribution in [1.82, 2.24) is 0 Å². The number of nitrogens with zero attached hydrogens (tertiary/aromatic N) is 1. The molecule has 0 aliphatic carbocycles. The fourth-order valence-electron chi connectivity index (χ4n) is 3.07. The van der Waals surface area contributed by atoms with Crippen LogP contribution in [-0.4, -0.2) is 18.6 Å². The predicted octanol–water partition coefficient (Wildman–Crippen LogP) is 2.95. The molecule has 2 rings (SSSR count). The van der Waals surface area contributed by atoms with Gasteiger partial charge in [-0.2, -0.15) is 0 Å². The first kappa shape index (κ1) is 12.4. The zero-order valence-electron chi connectivity index (χ0n) is 11.2. The predicted molar refractivity (Wildman–Crippen MR) is 74.4 cm³/mol. The molecule has 1 fully saturated rings. The number of aryl methyl sites for hydroxylation is 1. The van der Waals surface area contributed by atoms with E-state index in [2.05, 4.69) is 49.9 Å². The average molecular weight is 232 g/mol. The minimum absolute atomic E-state index is 0.258. The molecule has 2 N–H and O–H groups in total. The van der Waals surface area contributed by atoms with Crippen molar-refractivity contribution in [3.8, 4) is 0 Å². The fourth-order valence-corrected chi connectivity index (χ4v) is 3.07. The third-order valence-electron chi connectivity index (χ3n) is 3.85. The second-order valence-electron chi connectivity index (χ2n) is 5.91. The smallest absolute Gasteiger partial charge is 0.0373 e. The SMILES string of the molecule is Cc1cccc(N2CC(CCN)CC2(C)C)c1. The molecule has 1 atom stereocenters. The van der Waals surface area contributed by atoms with Gasteiger partial charge in [-0.1, -0.05) is 12.1 Å². The van der Waals surface area contributed by atoms with E-state index in [4.69, 9.17) is 5.73 Å². The van der Waals surface area contributed by atoms with Crippen LogP contribution in [0, 0.1) is 12.8 Å². The highest BCUT2D eigenvalue weighted by molar-refractivity contribution is 5.51. The van der Waals surface area contributed by atoms with E-state index in [-0.39, 0.29) is 5.54 Å². The maximum absolute atomic E-state index is 5.69. The summed E-state index contributed by atoms with van der Waals surface area (Å²) in [6.45, 7) is 8.79. The molecule has 0 spiro atoms. The largest absolute Gasteiger partial charge is 0.366 e. The summed E-state index contributed by atoms with van der Waals surface area (Å²) in [6, 6.07) is 8.81. The minimum Gasteiger partial charge on any atom is -0.366 e. The van der Waals surface area contributed by atoms with E-state index in [9.17, 15) is 0 Å². The van der Waals surface area contributed by atoms with Crippen molar-refractivity contribution in [2.45, 2.75) is 39.2 Å². The molecule has 1 unspecified atom stereocenters. The molecule has 17 heavy (non-hydrogen) atoms. The number of nitrogens with two attached hydrogens (primary N) is 1. The van der Waals surface area contributed by atoms with Crippen molar-refractivity contribution in [3.05, 3.63) is 29.8 Å². The molecule has 1 saturated heterocycles. The normalized spacial score (nSPS) is 23.1. The molecule has 2 nitrogen and oxygen atoms in total. The Labute approximate surface area is 105 Å². The van der Waals surface area contributed by atoms with Crippen molar-refractivity contribution in [2.24, 2.45) is 11.7 Å². The summed E-state index contributed by atoms with van der Waals surface area (Å²) in [5.41, 5.74) is 8.63. The Morgan fingerprint density at radius 2 is 2.18 bits per heavy atom. The Kier molecular flexibility index (Phi) is 3.43. The van der Waals surface area contributed by atoms with E-state index < -0.39 is 0 Å². The summed E-state index contributed by atoms with van der Waals surface area (Å²) in [4.78, 5) is 2.54. The second-order valence-corrected chi connectivity index (χ2v) is 5.91. The van der Waals surface area contributed by atoms with Crippen molar-refractivity contribution in [2.75, 3.05) is 18.0 Å². The van der Waals surface area contributed by atoms with Gasteiger partial charge in [0.2, 0.25) is 0 Å². The van der Waals surface area contributed by atoms with Crippen LogP contribution < -0.4 is 10.6 Å². The zero-order chi connectivity index (χ0) is 12.5. The number of anilines is 1. The summed E-state index contributed by atoms with van der Waals surface area (Å²) in [7, 11) is 0. The summed E-state index contributed by atoms with van der Waals surface area (Å²) in [5, 5.41) is 0. The van der Waals surface area contributed by atoms with E-state index in [0.29, 0.717) is 0 Å². The third kappa shape index (κ3) is 2.63. The molecule has 0 aromatic heterocycles. The average Bonchev–Trinajstić information content (AvgIpc) is 2.54. The van der Waals surface area contributed by atoms with E-state index >= 15 is 0 Å². The third-order valence-corrected chi connectivity index (χ3v) is 3.85. The highest BCUT2D eigenvalue weighted by Crippen LogP contribution is 2.37. The molecular weight excluding hydrogens is 208 g/mol. The molecule has 0 bridgehead atoms. The number of hydrogen-bond donors (Lipinski definition) is 1. The first-order chi connectivity index (χ1) is 8.03. The van der Waals surface area contributed by atoms with Gasteiger partial charge < -0.3 is 10.6 Å². The van der Waals surface area contributed by atoms with Crippen molar-refractivity contribution >= 4 is 5.69 Å². The summed E-state index contributed by atoms with van der Waals surface area (Å²) in [5.74, 6) is 0.746. The van der Waals surface area contributed by atoms with E-state index in [1.165, 1.54) is 17.7 Å². The van der Waals surface area contributed by atoms with Crippen LogP contribution in [0.1, 0.15) is 32.3 Å². The molecule has 1 heterocycles. The summed E-state index contributed by atoms with van der Waals surface area (Å²) < 4.78 is 0. The number of hydrogen-bond acceptors (Lipinski definition) is 2. The van der Waals surface area contributed by atoms with Gasteiger partial charge in [0.1, 0.15) is 0 Å². The maximum atomic E-state index is 5.69.